The number of hydrogen-bond acceptors (Lipinski definition) is 4. The summed E-state index contributed by atoms with van der Waals surface area (Å²) in [4.78, 5) is 17.3. The molecule has 0 amide bonds. The highest BCUT2D eigenvalue weighted by atomic mass is 16.5. The van der Waals surface area contributed by atoms with Crippen molar-refractivity contribution in [1.29, 1.82) is 0 Å². The molecule has 5 heteroatoms. The van der Waals surface area contributed by atoms with Crippen LogP contribution in [0.1, 0.15) is 24.0 Å². The zero-order valence-electron chi connectivity index (χ0n) is 11.7. The third kappa shape index (κ3) is 1.91. The van der Waals surface area contributed by atoms with Crippen molar-refractivity contribution in [1.82, 2.24) is 14.7 Å². The first kappa shape index (κ1) is 12.6. The highest BCUT2D eigenvalue weighted by molar-refractivity contribution is 5.78. The molecule has 20 heavy (non-hydrogen) atoms. The molecular weight excluding hydrogens is 254 g/mol. The van der Waals surface area contributed by atoms with E-state index in [0.717, 1.165) is 11.3 Å². The first-order valence-corrected chi connectivity index (χ1v) is 6.56. The average Bonchev–Trinajstić information content (AvgIpc) is 2.85. The van der Waals surface area contributed by atoms with Crippen LogP contribution in [-0.2, 0) is 6.42 Å². The second kappa shape index (κ2) is 4.59. The molecule has 0 aliphatic rings. The minimum Gasteiger partial charge on any atom is -0.338 e. The third-order valence-electron chi connectivity index (χ3n) is 3.25. The number of nitrogens with zero attached hydrogens (tertiary/aromatic N) is 3. The number of aryl methyl sites for hydroxylation is 3. The molecule has 5 nitrogen and oxygen atoms in total. The lowest BCUT2D eigenvalue weighted by Gasteiger charge is -2.09. The largest absolute Gasteiger partial charge is 0.338 e. The van der Waals surface area contributed by atoms with Crippen LogP contribution in [-0.4, -0.2) is 14.7 Å². The van der Waals surface area contributed by atoms with Crippen molar-refractivity contribution in [3.05, 3.63) is 51.7 Å². The average molecular weight is 269 g/mol. The van der Waals surface area contributed by atoms with Gasteiger partial charge >= 0.3 is 0 Å². The van der Waals surface area contributed by atoms with Gasteiger partial charge in [-0.15, -0.1) is 0 Å². The molecule has 0 aliphatic carbocycles. The first-order valence-electron chi connectivity index (χ1n) is 6.56. The molecule has 0 unspecified atom stereocenters. The van der Waals surface area contributed by atoms with E-state index in [0.29, 0.717) is 29.0 Å². The van der Waals surface area contributed by atoms with Crippen LogP contribution in [0.4, 0.5) is 0 Å². The van der Waals surface area contributed by atoms with E-state index in [9.17, 15) is 4.79 Å². The normalized spacial score (nSPS) is 11.2. The summed E-state index contributed by atoms with van der Waals surface area (Å²) in [7, 11) is 0. The predicted molar refractivity (Wildman–Crippen MR) is 76.3 cm³/mol. The molecule has 1 aromatic carbocycles. The maximum Gasteiger partial charge on any atom is 0.268 e. The van der Waals surface area contributed by atoms with Gasteiger partial charge in [0.25, 0.3) is 5.56 Å². The highest BCUT2D eigenvalue weighted by Gasteiger charge is 2.14. The minimum absolute atomic E-state index is 0.119. The topological polar surface area (TPSA) is 60.9 Å². The van der Waals surface area contributed by atoms with Gasteiger partial charge in [-0.25, -0.2) is 9.55 Å². The van der Waals surface area contributed by atoms with Crippen LogP contribution in [0.15, 0.2) is 33.6 Å². The van der Waals surface area contributed by atoms with Gasteiger partial charge in [-0.05, 0) is 26.0 Å². The van der Waals surface area contributed by atoms with Crippen LogP contribution in [0.5, 0.6) is 0 Å². The summed E-state index contributed by atoms with van der Waals surface area (Å²) in [5.74, 6) is 1.09. The van der Waals surface area contributed by atoms with Crippen molar-refractivity contribution >= 4 is 10.9 Å². The molecule has 0 saturated heterocycles. The summed E-state index contributed by atoms with van der Waals surface area (Å²) >= 11 is 0. The molecule has 0 fully saturated rings. The highest BCUT2D eigenvalue weighted by Crippen LogP contribution is 2.15. The Bertz CT molecular complexity index is 846. The molecule has 2 heterocycles. The second-order valence-electron chi connectivity index (χ2n) is 4.85. The van der Waals surface area contributed by atoms with Crippen molar-refractivity contribution in [2.24, 2.45) is 0 Å². The SMILES string of the molecule is CCc1nc2ccc(C)cc2c(=O)n1-c1cc(C)no1. The van der Waals surface area contributed by atoms with Gasteiger partial charge < -0.3 is 4.52 Å². The van der Waals surface area contributed by atoms with Gasteiger partial charge in [0, 0.05) is 12.5 Å². The van der Waals surface area contributed by atoms with Gasteiger partial charge in [0.2, 0.25) is 5.88 Å². The van der Waals surface area contributed by atoms with Crippen molar-refractivity contribution in [2.75, 3.05) is 0 Å². The molecule has 0 N–H and O–H groups in total. The van der Waals surface area contributed by atoms with Gasteiger partial charge in [0.15, 0.2) is 0 Å². The fraction of sp³-hybridized carbons (Fsp3) is 0.267. The maximum atomic E-state index is 12.7. The zero-order valence-corrected chi connectivity index (χ0v) is 11.7. The summed E-state index contributed by atoms with van der Waals surface area (Å²) in [6.45, 7) is 5.74. The van der Waals surface area contributed by atoms with E-state index < -0.39 is 0 Å². The van der Waals surface area contributed by atoms with Crippen molar-refractivity contribution in [3.63, 3.8) is 0 Å². The molecule has 0 atom stereocenters. The van der Waals surface area contributed by atoms with Crippen LogP contribution < -0.4 is 5.56 Å². The van der Waals surface area contributed by atoms with E-state index in [1.165, 1.54) is 4.57 Å². The fourth-order valence-electron chi connectivity index (χ4n) is 2.27. The zero-order chi connectivity index (χ0) is 14.3. The standard InChI is InChI=1S/C15H15N3O2/c1-4-13-16-12-6-5-9(2)7-11(12)15(19)18(13)14-8-10(3)17-20-14/h5-8H,4H2,1-3H3. The molecular formula is C15H15N3O2. The van der Waals surface area contributed by atoms with E-state index in [2.05, 4.69) is 10.1 Å². The summed E-state index contributed by atoms with van der Waals surface area (Å²) in [5, 5.41) is 4.44. The third-order valence-corrected chi connectivity index (χ3v) is 3.25. The summed E-state index contributed by atoms with van der Waals surface area (Å²) < 4.78 is 6.73. The van der Waals surface area contributed by atoms with Crippen LogP contribution >= 0.6 is 0 Å². The number of fused-ring (bicyclic) bond motifs is 1. The van der Waals surface area contributed by atoms with E-state index in [1.807, 2.05) is 39.0 Å². The smallest absolute Gasteiger partial charge is 0.268 e. The lowest BCUT2D eigenvalue weighted by Crippen LogP contribution is -2.23. The van der Waals surface area contributed by atoms with Crippen molar-refractivity contribution in [2.45, 2.75) is 27.2 Å². The van der Waals surface area contributed by atoms with Crippen LogP contribution in [0.25, 0.3) is 16.8 Å². The van der Waals surface area contributed by atoms with E-state index in [4.69, 9.17) is 4.52 Å². The molecule has 2 aromatic heterocycles. The Labute approximate surface area is 115 Å². The predicted octanol–water partition coefficient (Wildman–Crippen LogP) is 2.55. The van der Waals surface area contributed by atoms with Crippen molar-refractivity contribution < 1.29 is 4.52 Å². The molecule has 0 spiro atoms. The summed E-state index contributed by atoms with van der Waals surface area (Å²) in [5.41, 5.74) is 2.36. The molecule has 3 rings (SSSR count). The fourth-order valence-corrected chi connectivity index (χ4v) is 2.27. The van der Waals surface area contributed by atoms with Crippen LogP contribution in [0.3, 0.4) is 0 Å². The Hall–Kier alpha value is -2.43. The van der Waals surface area contributed by atoms with Gasteiger partial charge in [-0.1, -0.05) is 23.7 Å². The Morgan fingerprint density at radius 1 is 1.25 bits per heavy atom. The summed E-state index contributed by atoms with van der Waals surface area (Å²) in [6.07, 6.45) is 0.638. The Morgan fingerprint density at radius 2 is 2.05 bits per heavy atom. The number of benzene rings is 1. The quantitative estimate of drug-likeness (QED) is 0.717. The molecule has 0 saturated carbocycles. The Morgan fingerprint density at radius 3 is 2.70 bits per heavy atom. The first-order chi connectivity index (χ1) is 9.60. The monoisotopic (exact) mass is 269 g/mol. The molecule has 0 radical (unpaired) electrons. The van der Waals surface area contributed by atoms with Crippen molar-refractivity contribution in [3.8, 4) is 5.88 Å². The van der Waals surface area contributed by atoms with Gasteiger partial charge in [-0.2, -0.15) is 0 Å². The molecule has 102 valence electrons. The maximum absolute atomic E-state index is 12.7. The van der Waals surface area contributed by atoms with E-state index in [1.54, 1.807) is 6.07 Å². The van der Waals surface area contributed by atoms with E-state index >= 15 is 0 Å². The molecule has 3 aromatic rings. The van der Waals surface area contributed by atoms with E-state index in [-0.39, 0.29) is 5.56 Å². The van der Waals surface area contributed by atoms with Crippen LogP contribution in [0, 0.1) is 13.8 Å². The van der Waals surface area contributed by atoms with Crippen LogP contribution in [0.2, 0.25) is 0 Å². The van der Waals surface area contributed by atoms with Gasteiger partial charge in [-0.3, -0.25) is 4.79 Å². The minimum atomic E-state index is -0.119. The number of rotatable bonds is 2. The summed E-state index contributed by atoms with van der Waals surface area (Å²) in [6, 6.07) is 7.42. The number of hydrogen-bond donors (Lipinski definition) is 0. The molecule has 0 aliphatic heterocycles. The second-order valence-corrected chi connectivity index (χ2v) is 4.85. The van der Waals surface area contributed by atoms with Gasteiger partial charge in [0.1, 0.15) is 5.82 Å². The lowest BCUT2D eigenvalue weighted by atomic mass is 10.1. The Balaban J connectivity index is 2.40. The lowest BCUT2D eigenvalue weighted by molar-refractivity contribution is 0.396. The number of aromatic nitrogens is 3. The Kier molecular flexibility index (Phi) is 2.89. The molecule has 0 bridgehead atoms. The van der Waals surface area contributed by atoms with Gasteiger partial charge in [0.05, 0.1) is 16.6 Å².